The second kappa shape index (κ2) is 6.80. The highest BCUT2D eigenvalue weighted by atomic mass is 19.1. The lowest BCUT2D eigenvalue weighted by molar-refractivity contribution is -0.384. The summed E-state index contributed by atoms with van der Waals surface area (Å²) in [5.41, 5.74) is 0.353. The van der Waals surface area contributed by atoms with Crippen LogP contribution in [0.5, 0.6) is 0 Å². The number of rotatable bonds is 5. The number of nitro groups is 1. The maximum atomic E-state index is 13.7. The van der Waals surface area contributed by atoms with Crippen molar-refractivity contribution in [1.82, 2.24) is 0 Å². The Balaban J connectivity index is 2.24. The van der Waals surface area contributed by atoms with Crippen molar-refractivity contribution in [2.45, 2.75) is 19.3 Å². The zero-order chi connectivity index (χ0) is 16.1. The Morgan fingerprint density at radius 2 is 1.95 bits per heavy atom. The quantitative estimate of drug-likeness (QED) is 0.673. The largest absolute Gasteiger partial charge is 0.323 e. The zero-order valence-electron chi connectivity index (χ0n) is 12.0. The van der Waals surface area contributed by atoms with Gasteiger partial charge in [0, 0.05) is 12.1 Å². The highest BCUT2D eigenvalue weighted by Crippen LogP contribution is 2.25. The van der Waals surface area contributed by atoms with E-state index in [1.54, 1.807) is 0 Å². The van der Waals surface area contributed by atoms with E-state index < -0.39 is 22.6 Å². The molecule has 2 rings (SSSR count). The van der Waals surface area contributed by atoms with Crippen molar-refractivity contribution < 1.29 is 14.1 Å². The van der Waals surface area contributed by atoms with Gasteiger partial charge in [-0.05, 0) is 18.1 Å². The number of benzene rings is 2. The summed E-state index contributed by atoms with van der Waals surface area (Å²) in [5, 5.41) is 13.2. The number of nitrogens with zero attached hydrogens (tertiary/aromatic N) is 1. The summed E-state index contributed by atoms with van der Waals surface area (Å²) in [6.45, 7) is 1.85. The standard InChI is InChI=1S/C16H15FN2O3/c1-2-13(11-6-4-3-5-7-11)16(20)18-15-10-12(19(21)22)8-9-14(15)17/h3-10,13H,2H2,1H3,(H,18,20). The highest BCUT2D eigenvalue weighted by molar-refractivity contribution is 5.96. The summed E-state index contributed by atoms with van der Waals surface area (Å²) in [4.78, 5) is 22.4. The number of carbonyl (C=O) groups is 1. The molecule has 0 bridgehead atoms. The van der Waals surface area contributed by atoms with E-state index in [0.717, 1.165) is 23.8 Å². The van der Waals surface area contributed by atoms with Crippen molar-refractivity contribution in [3.05, 3.63) is 70.0 Å². The van der Waals surface area contributed by atoms with Crippen LogP contribution in [0.15, 0.2) is 48.5 Å². The smallest absolute Gasteiger partial charge is 0.271 e. The minimum atomic E-state index is -0.707. The number of halogens is 1. The zero-order valence-corrected chi connectivity index (χ0v) is 12.0. The minimum absolute atomic E-state index is 0.186. The molecule has 2 aromatic carbocycles. The van der Waals surface area contributed by atoms with Crippen molar-refractivity contribution >= 4 is 17.3 Å². The predicted octanol–water partition coefficient (Wildman–Crippen LogP) is 3.87. The minimum Gasteiger partial charge on any atom is -0.323 e. The van der Waals surface area contributed by atoms with Gasteiger partial charge in [-0.15, -0.1) is 0 Å². The first-order valence-electron chi connectivity index (χ1n) is 6.82. The van der Waals surface area contributed by atoms with Crippen molar-refractivity contribution in [2.24, 2.45) is 0 Å². The first-order chi connectivity index (χ1) is 10.5. The van der Waals surface area contributed by atoms with E-state index in [-0.39, 0.29) is 11.4 Å². The van der Waals surface area contributed by atoms with Crippen LogP contribution >= 0.6 is 0 Å². The maximum Gasteiger partial charge on any atom is 0.271 e. The van der Waals surface area contributed by atoms with Crippen LogP contribution < -0.4 is 5.32 Å². The Morgan fingerprint density at radius 3 is 2.55 bits per heavy atom. The number of nitrogens with one attached hydrogen (secondary N) is 1. The fourth-order valence-electron chi connectivity index (χ4n) is 2.20. The lowest BCUT2D eigenvalue weighted by atomic mass is 9.95. The lowest BCUT2D eigenvalue weighted by Gasteiger charge is -2.15. The maximum absolute atomic E-state index is 13.7. The third-order valence-corrected chi connectivity index (χ3v) is 3.35. The Morgan fingerprint density at radius 1 is 1.27 bits per heavy atom. The van der Waals surface area contributed by atoms with E-state index in [2.05, 4.69) is 5.32 Å². The summed E-state index contributed by atoms with van der Waals surface area (Å²) in [5.74, 6) is -1.55. The van der Waals surface area contributed by atoms with Gasteiger partial charge in [0.15, 0.2) is 0 Å². The average molecular weight is 302 g/mol. The molecule has 0 aromatic heterocycles. The third-order valence-electron chi connectivity index (χ3n) is 3.35. The third kappa shape index (κ3) is 3.46. The van der Waals surface area contributed by atoms with E-state index in [1.165, 1.54) is 0 Å². The first kappa shape index (κ1) is 15.6. The monoisotopic (exact) mass is 302 g/mol. The topological polar surface area (TPSA) is 72.2 Å². The molecule has 1 atom stereocenters. The number of non-ortho nitro benzene ring substituents is 1. The predicted molar refractivity (Wildman–Crippen MR) is 81.2 cm³/mol. The van der Waals surface area contributed by atoms with Crippen LogP contribution in [-0.2, 0) is 4.79 Å². The summed E-state index contributed by atoms with van der Waals surface area (Å²) >= 11 is 0. The summed E-state index contributed by atoms with van der Waals surface area (Å²) < 4.78 is 13.7. The summed E-state index contributed by atoms with van der Waals surface area (Å²) in [6.07, 6.45) is 0.534. The summed E-state index contributed by atoms with van der Waals surface area (Å²) in [6, 6.07) is 12.2. The van der Waals surface area contributed by atoms with E-state index in [9.17, 15) is 19.3 Å². The fraction of sp³-hybridized carbons (Fsp3) is 0.188. The molecule has 0 fully saturated rings. The first-order valence-corrected chi connectivity index (χ1v) is 6.82. The second-order valence-electron chi connectivity index (χ2n) is 4.78. The van der Waals surface area contributed by atoms with Gasteiger partial charge < -0.3 is 5.32 Å². The molecule has 5 nitrogen and oxygen atoms in total. The van der Waals surface area contributed by atoms with Crippen LogP contribution in [0.3, 0.4) is 0 Å². The van der Waals surface area contributed by atoms with Crippen LogP contribution in [0.25, 0.3) is 0 Å². The molecule has 22 heavy (non-hydrogen) atoms. The molecule has 6 heteroatoms. The van der Waals surface area contributed by atoms with Crippen molar-refractivity contribution in [3.8, 4) is 0 Å². The molecule has 2 aromatic rings. The van der Waals surface area contributed by atoms with Crippen molar-refractivity contribution in [2.75, 3.05) is 5.32 Å². The molecule has 0 heterocycles. The molecule has 1 unspecified atom stereocenters. The number of anilines is 1. The SMILES string of the molecule is CCC(C(=O)Nc1cc([N+](=O)[O-])ccc1F)c1ccccc1. The molecule has 0 saturated carbocycles. The normalized spacial score (nSPS) is 11.7. The number of hydrogen-bond acceptors (Lipinski definition) is 3. The van der Waals surface area contributed by atoms with Gasteiger partial charge in [0.1, 0.15) is 5.82 Å². The van der Waals surface area contributed by atoms with Gasteiger partial charge in [0.25, 0.3) is 5.69 Å². The molecular formula is C16H15FN2O3. The number of nitro benzene ring substituents is 1. The second-order valence-corrected chi connectivity index (χ2v) is 4.78. The highest BCUT2D eigenvalue weighted by Gasteiger charge is 2.20. The van der Waals surface area contributed by atoms with Crippen LogP contribution in [0.2, 0.25) is 0 Å². The molecular weight excluding hydrogens is 287 g/mol. The number of carbonyl (C=O) groups excluding carboxylic acids is 1. The van der Waals surface area contributed by atoms with Crippen LogP contribution in [0.4, 0.5) is 15.8 Å². The Bertz CT molecular complexity index is 689. The van der Waals surface area contributed by atoms with Gasteiger partial charge in [-0.2, -0.15) is 0 Å². The van der Waals surface area contributed by atoms with E-state index in [4.69, 9.17) is 0 Å². The summed E-state index contributed by atoms with van der Waals surface area (Å²) in [7, 11) is 0. The van der Waals surface area contributed by atoms with Crippen molar-refractivity contribution in [3.63, 3.8) is 0 Å². The lowest BCUT2D eigenvalue weighted by Crippen LogP contribution is -2.21. The van der Waals surface area contributed by atoms with Crippen LogP contribution in [-0.4, -0.2) is 10.8 Å². The number of hydrogen-bond donors (Lipinski definition) is 1. The fourth-order valence-corrected chi connectivity index (χ4v) is 2.20. The Labute approximate surface area is 126 Å². The average Bonchev–Trinajstić information content (AvgIpc) is 2.51. The molecule has 114 valence electrons. The van der Waals surface area contributed by atoms with Crippen LogP contribution in [0, 0.1) is 15.9 Å². The van der Waals surface area contributed by atoms with Gasteiger partial charge in [-0.1, -0.05) is 37.3 Å². The van der Waals surface area contributed by atoms with Gasteiger partial charge in [0.2, 0.25) is 5.91 Å². The van der Waals surface area contributed by atoms with E-state index >= 15 is 0 Å². The molecule has 0 saturated heterocycles. The van der Waals surface area contributed by atoms with Gasteiger partial charge in [-0.3, -0.25) is 14.9 Å². The molecule has 0 aliphatic heterocycles. The van der Waals surface area contributed by atoms with Gasteiger partial charge in [0.05, 0.1) is 16.5 Å². The molecule has 0 spiro atoms. The van der Waals surface area contributed by atoms with E-state index in [0.29, 0.717) is 6.42 Å². The van der Waals surface area contributed by atoms with Gasteiger partial charge >= 0.3 is 0 Å². The molecule has 0 aliphatic carbocycles. The molecule has 1 N–H and O–H groups in total. The Kier molecular flexibility index (Phi) is 4.83. The number of amides is 1. The van der Waals surface area contributed by atoms with Gasteiger partial charge in [-0.25, -0.2) is 4.39 Å². The molecule has 0 aliphatic rings. The molecule has 1 amide bonds. The Hall–Kier alpha value is -2.76. The molecule has 0 radical (unpaired) electrons. The van der Waals surface area contributed by atoms with Crippen LogP contribution in [0.1, 0.15) is 24.8 Å². The van der Waals surface area contributed by atoms with E-state index in [1.807, 2.05) is 37.3 Å². The van der Waals surface area contributed by atoms with Crippen molar-refractivity contribution in [1.29, 1.82) is 0 Å².